The Morgan fingerprint density at radius 3 is 2.76 bits per heavy atom. The van der Waals surface area contributed by atoms with Crippen molar-refractivity contribution in [3.05, 3.63) is 29.0 Å². The summed E-state index contributed by atoms with van der Waals surface area (Å²) in [6, 6.07) is 0. The second-order valence-electron chi connectivity index (χ2n) is 4.32. The lowest BCUT2D eigenvalue weighted by Gasteiger charge is -2.03. The fourth-order valence-corrected chi connectivity index (χ4v) is 3.13. The summed E-state index contributed by atoms with van der Waals surface area (Å²) in [7, 11) is 2.07. The number of thiazole rings is 1. The van der Waals surface area contributed by atoms with Crippen LogP contribution in [0.4, 0.5) is 5.82 Å². The van der Waals surface area contributed by atoms with Crippen molar-refractivity contribution in [2.75, 3.05) is 5.73 Å². The number of aromatic nitrogens is 3. The van der Waals surface area contributed by atoms with Crippen LogP contribution >= 0.6 is 11.3 Å². The van der Waals surface area contributed by atoms with Crippen molar-refractivity contribution in [1.29, 1.82) is 0 Å². The first-order valence-corrected chi connectivity index (χ1v) is 6.30. The molecule has 0 radical (unpaired) electrons. The van der Waals surface area contributed by atoms with Crippen LogP contribution in [0.25, 0.3) is 16.2 Å². The highest BCUT2D eigenvalue weighted by molar-refractivity contribution is 7.16. The number of nitrogen functional groups attached to an aromatic ring is 1. The van der Waals surface area contributed by atoms with Crippen molar-refractivity contribution in [2.45, 2.75) is 13.8 Å². The quantitative estimate of drug-likeness (QED) is 0.717. The molecule has 88 valence electrons. The molecule has 0 amide bonds. The van der Waals surface area contributed by atoms with E-state index in [0.29, 0.717) is 5.82 Å². The van der Waals surface area contributed by atoms with Crippen LogP contribution in [0.1, 0.15) is 11.1 Å². The van der Waals surface area contributed by atoms with Gasteiger partial charge in [-0.25, -0.2) is 4.98 Å². The maximum Gasteiger partial charge on any atom is 0.160 e. The maximum absolute atomic E-state index is 5.82. The van der Waals surface area contributed by atoms with E-state index in [1.165, 1.54) is 16.8 Å². The standard InChI is InChI=1S/C12H14N4S/c1-7-4-15(3)10(8(7)2)9-5-17-12-11(13)14-6-16(9)12/h4-6H,13H2,1-3H3. The van der Waals surface area contributed by atoms with E-state index in [4.69, 9.17) is 5.73 Å². The molecule has 5 heteroatoms. The molecule has 0 atom stereocenters. The predicted molar refractivity (Wildman–Crippen MR) is 71.4 cm³/mol. The topological polar surface area (TPSA) is 48.2 Å². The van der Waals surface area contributed by atoms with Crippen LogP contribution in [0.2, 0.25) is 0 Å². The molecule has 0 unspecified atom stereocenters. The van der Waals surface area contributed by atoms with Crippen LogP contribution in [0.3, 0.4) is 0 Å². The van der Waals surface area contributed by atoms with Crippen LogP contribution in [0.5, 0.6) is 0 Å². The first-order chi connectivity index (χ1) is 8.09. The van der Waals surface area contributed by atoms with Crippen LogP contribution in [0, 0.1) is 13.8 Å². The van der Waals surface area contributed by atoms with Crippen LogP contribution in [-0.4, -0.2) is 14.0 Å². The summed E-state index contributed by atoms with van der Waals surface area (Å²) in [4.78, 5) is 5.16. The Balaban J connectivity index is 2.34. The molecule has 3 aromatic rings. The first-order valence-electron chi connectivity index (χ1n) is 5.42. The van der Waals surface area contributed by atoms with Gasteiger partial charge in [-0.15, -0.1) is 11.3 Å². The van der Waals surface area contributed by atoms with E-state index in [2.05, 4.69) is 46.4 Å². The lowest BCUT2D eigenvalue weighted by molar-refractivity contribution is 0.922. The number of imidazole rings is 1. The molecule has 4 nitrogen and oxygen atoms in total. The largest absolute Gasteiger partial charge is 0.381 e. The van der Waals surface area contributed by atoms with Gasteiger partial charge in [-0.2, -0.15) is 0 Å². The minimum Gasteiger partial charge on any atom is -0.381 e. The highest BCUT2D eigenvalue weighted by Gasteiger charge is 2.15. The molecule has 0 spiro atoms. The number of rotatable bonds is 1. The van der Waals surface area contributed by atoms with E-state index < -0.39 is 0 Å². The number of nitrogens with two attached hydrogens (primary N) is 1. The van der Waals surface area contributed by atoms with Crippen molar-refractivity contribution in [3.8, 4) is 11.4 Å². The molecule has 0 aliphatic carbocycles. The molecule has 17 heavy (non-hydrogen) atoms. The lowest BCUT2D eigenvalue weighted by atomic mass is 10.1. The van der Waals surface area contributed by atoms with Gasteiger partial charge >= 0.3 is 0 Å². The third-order valence-electron chi connectivity index (χ3n) is 3.22. The summed E-state index contributed by atoms with van der Waals surface area (Å²) >= 11 is 1.63. The zero-order chi connectivity index (χ0) is 12.2. The van der Waals surface area contributed by atoms with Gasteiger partial charge in [0.1, 0.15) is 11.2 Å². The molecule has 0 aliphatic heterocycles. The van der Waals surface area contributed by atoms with Crippen molar-refractivity contribution in [3.63, 3.8) is 0 Å². The first kappa shape index (κ1) is 10.4. The molecule has 3 rings (SSSR count). The summed E-state index contributed by atoms with van der Waals surface area (Å²) < 4.78 is 4.21. The number of aryl methyl sites for hydroxylation is 2. The smallest absolute Gasteiger partial charge is 0.160 e. The van der Waals surface area contributed by atoms with Gasteiger partial charge in [0.05, 0.1) is 11.4 Å². The van der Waals surface area contributed by atoms with Crippen molar-refractivity contribution in [1.82, 2.24) is 14.0 Å². The van der Waals surface area contributed by atoms with Gasteiger partial charge in [0, 0.05) is 18.6 Å². The highest BCUT2D eigenvalue weighted by Crippen LogP contribution is 2.32. The molecule has 0 aromatic carbocycles. The van der Waals surface area contributed by atoms with Gasteiger partial charge in [-0.1, -0.05) is 0 Å². The fraction of sp³-hybridized carbons (Fsp3) is 0.250. The predicted octanol–water partition coefficient (Wildman–Crippen LogP) is 2.60. The van der Waals surface area contributed by atoms with Crippen molar-refractivity contribution < 1.29 is 0 Å². The molecular weight excluding hydrogens is 232 g/mol. The third kappa shape index (κ3) is 1.32. The number of anilines is 1. The SMILES string of the molecule is Cc1cn(C)c(-c2csc3c(N)ncn23)c1C. The van der Waals surface area contributed by atoms with E-state index in [0.717, 1.165) is 10.5 Å². The summed E-state index contributed by atoms with van der Waals surface area (Å²) in [5, 5.41) is 2.13. The Bertz CT molecular complexity index is 702. The molecule has 3 aromatic heterocycles. The highest BCUT2D eigenvalue weighted by atomic mass is 32.1. The second kappa shape index (κ2) is 3.37. The van der Waals surface area contributed by atoms with E-state index in [1.807, 2.05) is 0 Å². The lowest BCUT2D eigenvalue weighted by Crippen LogP contribution is -1.94. The van der Waals surface area contributed by atoms with E-state index in [9.17, 15) is 0 Å². The maximum atomic E-state index is 5.82. The summed E-state index contributed by atoms with van der Waals surface area (Å²) in [6.07, 6.45) is 3.94. The van der Waals surface area contributed by atoms with Crippen molar-refractivity contribution in [2.24, 2.45) is 7.05 Å². The molecular formula is C12H14N4S. The van der Waals surface area contributed by atoms with E-state index >= 15 is 0 Å². The molecule has 0 saturated heterocycles. The third-order valence-corrected chi connectivity index (χ3v) is 4.19. The van der Waals surface area contributed by atoms with Gasteiger partial charge in [-0.3, -0.25) is 4.40 Å². The fourth-order valence-electron chi connectivity index (χ4n) is 2.25. The Morgan fingerprint density at radius 2 is 2.12 bits per heavy atom. The monoisotopic (exact) mass is 246 g/mol. The number of fused-ring (bicyclic) bond motifs is 1. The zero-order valence-corrected chi connectivity index (χ0v) is 10.9. The van der Waals surface area contributed by atoms with Gasteiger partial charge < -0.3 is 10.3 Å². The Kier molecular flexibility index (Phi) is 2.06. The van der Waals surface area contributed by atoms with Crippen LogP contribution < -0.4 is 5.73 Å². The summed E-state index contributed by atoms with van der Waals surface area (Å²) in [5.41, 5.74) is 10.8. The van der Waals surface area contributed by atoms with Gasteiger partial charge in [0.2, 0.25) is 0 Å². The minimum atomic E-state index is 0.602. The van der Waals surface area contributed by atoms with Gasteiger partial charge in [0.25, 0.3) is 0 Å². The van der Waals surface area contributed by atoms with Crippen LogP contribution in [-0.2, 0) is 7.05 Å². The number of hydrogen-bond donors (Lipinski definition) is 1. The minimum absolute atomic E-state index is 0.602. The molecule has 2 N–H and O–H groups in total. The van der Waals surface area contributed by atoms with Crippen molar-refractivity contribution >= 4 is 22.0 Å². The average molecular weight is 246 g/mol. The normalized spacial score (nSPS) is 11.5. The summed E-state index contributed by atoms with van der Waals surface area (Å²) in [5.74, 6) is 0.602. The average Bonchev–Trinajstić information content (AvgIpc) is 2.89. The zero-order valence-electron chi connectivity index (χ0n) is 10.1. The van der Waals surface area contributed by atoms with Crippen LogP contribution in [0.15, 0.2) is 17.9 Å². The second-order valence-corrected chi connectivity index (χ2v) is 5.18. The Morgan fingerprint density at radius 1 is 1.35 bits per heavy atom. The van der Waals surface area contributed by atoms with E-state index in [-0.39, 0.29) is 0 Å². The van der Waals surface area contributed by atoms with Gasteiger partial charge in [-0.05, 0) is 25.0 Å². The number of hydrogen-bond acceptors (Lipinski definition) is 3. The molecule has 0 bridgehead atoms. The van der Waals surface area contributed by atoms with Gasteiger partial charge in [0.15, 0.2) is 5.82 Å². The Labute approximate surface area is 103 Å². The molecule has 0 fully saturated rings. The molecule has 0 aliphatic rings. The Hall–Kier alpha value is -1.75. The summed E-state index contributed by atoms with van der Waals surface area (Å²) in [6.45, 7) is 4.28. The number of nitrogens with zero attached hydrogens (tertiary/aromatic N) is 3. The molecule has 3 heterocycles. The molecule has 0 saturated carbocycles. The van der Waals surface area contributed by atoms with E-state index in [1.54, 1.807) is 17.7 Å².